The van der Waals surface area contributed by atoms with E-state index in [2.05, 4.69) is 5.32 Å². The van der Waals surface area contributed by atoms with Crippen molar-refractivity contribution in [3.05, 3.63) is 95.4 Å². The smallest absolute Gasteiger partial charge is 0.408 e. The number of benzene rings is 2. The van der Waals surface area contributed by atoms with E-state index in [9.17, 15) is 14.4 Å². The maximum atomic E-state index is 13.4. The number of ether oxygens (including phenoxy) is 2. The van der Waals surface area contributed by atoms with Crippen LogP contribution >= 0.6 is 0 Å². The molecule has 7 nitrogen and oxygen atoms in total. The maximum Gasteiger partial charge on any atom is 0.408 e. The normalized spacial score (nSPS) is 13.0. The Morgan fingerprint density at radius 2 is 1.58 bits per heavy atom. The van der Waals surface area contributed by atoms with Gasteiger partial charge in [-0.25, -0.2) is 9.59 Å². The average Bonchev–Trinajstić information content (AvgIpc) is 3.30. The third kappa shape index (κ3) is 6.55. The number of ketones is 1. The van der Waals surface area contributed by atoms with Crippen molar-refractivity contribution in [2.24, 2.45) is 0 Å². The number of amides is 1. The third-order valence-corrected chi connectivity index (χ3v) is 4.68. The standard InChI is InChI=1S/C26H27NO6/c1-17-12-14-18(15-13-17)21(27-25(30)33-26(2,3)4)23(22(28)20-11-8-16-31-20)32-24(29)19-9-6-5-7-10-19/h5-16,21,23H,1-4H3,(H,27,30). The molecule has 0 aliphatic heterocycles. The molecule has 172 valence electrons. The molecule has 0 bridgehead atoms. The predicted molar refractivity (Wildman–Crippen MR) is 122 cm³/mol. The fourth-order valence-corrected chi connectivity index (χ4v) is 3.13. The monoisotopic (exact) mass is 449 g/mol. The van der Waals surface area contributed by atoms with Crippen LogP contribution in [0.15, 0.2) is 77.4 Å². The van der Waals surface area contributed by atoms with Gasteiger partial charge in [0.1, 0.15) is 11.6 Å². The van der Waals surface area contributed by atoms with E-state index in [-0.39, 0.29) is 11.3 Å². The van der Waals surface area contributed by atoms with E-state index < -0.39 is 35.6 Å². The second-order valence-corrected chi connectivity index (χ2v) is 8.57. The zero-order chi connectivity index (χ0) is 24.0. The maximum absolute atomic E-state index is 13.4. The van der Waals surface area contributed by atoms with Gasteiger partial charge in [0.15, 0.2) is 11.9 Å². The van der Waals surface area contributed by atoms with E-state index in [1.165, 1.54) is 12.3 Å². The number of furan rings is 1. The van der Waals surface area contributed by atoms with Crippen molar-refractivity contribution in [3.63, 3.8) is 0 Å². The van der Waals surface area contributed by atoms with Gasteiger partial charge < -0.3 is 19.2 Å². The SMILES string of the molecule is Cc1ccc(C(NC(=O)OC(C)(C)C)C(OC(=O)c2ccccc2)C(=O)c2ccco2)cc1. The minimum Gasteiger partial charge on any atom is -0.461 e. The van der Waals surface area contributed by atoms with Gasteiger partial charge in [0.05, 0.1) is 11.8 Å². The van der Waals surface area contributed by atoms with E-state index in [0.717, 1.165) is 5.56 Å². The Balaban J connectivity index is 2.01. The first-order valence-corrected chi connectivity index (χ1v) is 10.5. The van der Waals surface area contributed by atoms with Crippen LogP contribution in [-0.4, -0.2) is 29.6 Å². The highest BCUT2D eigenvalue weighted by molar-refractivity contribution is 6.00. The number of carbonyl (C=O) groups is 3. The van der Waals surface area contributed by atoms with Crippen LogP contribution in [0.1, 0.15) is 58.9 Å². The number of hydrogen-bond donors (Lipinski definition) is 1. The first-order chi connectivity index (χ1) is 15.6. The lowest BCUT2D eigenvalue weighted by atomic mass is 9.96. The summed E-state index contributed by atoms with van der Waals surface area (Å²) in [4.78, 5) is 38.9. The second kappa shape index (κ2) is 10.2. The third-order valence-electron chi connectivity index (χ3n) is 4.68. The van der Waals surface area contributed by atoms with E-state index in [1.54, 1.807) is 69.3 Å². The van der Waals surface area contributed by atoms with Gasteiger partial charge in [0, 0.05) is 0 Å². The van der Waals surface area contributed by atoms with Crippen molar-refractivity contribution in [3.8, 4) is 0 Å². The zero-order valence-corrected chi connectivity index (χ0v) is 19.0. The molecule has 0 saturated heterocycles. The van der Waals surface area contributed by atoms with Crippen LogP contribution in [0, 0.1) is 6.92 Å². The summed E-state index contributed by atoms with van der Waals surface area (Å²) in [5.41, 5.74) is 1.07. The topological polar surface area (TPSA) is 94.8 Å². The highest BCUT2D eigenvalue weighted by Gasteiger charge is 2.37. The van der Waals surface area contributed by atoms with Gasteiger partial charge >= 0.3 is 12.1 Å². The largest absolute Gasteiger partial charge is 0.461 e. The van der Waals surface area contributed by atoms with Crippen LogP contribution in [0.4, 0.5) is 4.79 Å². The van der Waals surface area contributed by atoms with Crippen molar-refractivity contribution < 1.29 is 28.3 Å². The number of alkyl carbamates (subject to hydrolysis) is 1. The van der Waals surface area contributed by atoms with Gasteiger partial charge in [0.25, 0.3) is 0 Å². The summed E-state index contributed by atoms with van der Waals surface area (Å²) in [6, 6.07) is 17.5. The van der Waals surface area contributed by atoms with E-state index >= 15 is 0 Å². The molecule has 3 rings (SSSR count). The Kier molecular flexibility index (Phi) is 7.33. The fraction of sp³-hybridized carbons (Fsp3) is 0.269. The molecule has 0 fully saturated rings. The highest BCUT2D eigenvalue weighted by Crippen LogP contribution is 2.25. The Morgan fingerprint density at radius 3 is 2.15 bits per heavy atom. The van der Waals surface area contributed by atoms with Crippen LogP contribution in [0.3, 0.4) is 0 Å². The minimum absolute atomic E-state index is 0.00367. The number of carbonyl (C=O) groups excluding carboxylic acids is 3. The van der Waals surface area contributed by atoms with Gasteiger partial charge in [0.2, 0.25) is 5.78 Å². The zero-order valence-electron chi connectivity index (χ0n) is 19.0. The van der Waals surface area contributed by atoms with Crippen LogP contribution in [0.2, 0.25) is 0 Å². The lowest BCUT2D eigenvalue weighted by Crippen LogP contribution is -2.44. The predicted octanol–water partition coefficient (Wildman–Crippen LogP) is 5.26. The number of rotatable bonds is 7. The number of esters is 1. The van der Waals surface area contributed by atoms with Crippen molar-refractivity contribution in [2.45, 2.75) is 45.4 Å². The van der Waals surface area contributed by atoms with Crippen LogP contribution in [0.25, 0.3) is 0 Å². The van der Waals surface area contributed by atoms with Crippen molar-refractivity contribution >= 4 is 17.8 Å². The molecule has 1 aromatic heterocycles. The minimum atomic E-state index is -1.40. The fourth-order valence-electron chi connectivity index (χ4n) is 3.13. The molecule has 2 atom stereocenters. The van der Waals surface area contributed by atoms with Crippen LogP contribution < -0.4 is 5.32 Å². The van der Waals surface area contributed by atoms with Crippen molar-refractivity contribution in [1.29, 1.82) is 0 Å². The lowest BCUT2D eigenvalue weighted by Gasteiger charge is -2.28. The van der Waals surface area contributed by atoms with E-state index in [4.69, 9.17) is 13.9 Å². The quantitative estimate of drug-likeness (QED) is 0.390. The van der Waals surface area contributed by atoms with Gasteiger partial charge in [-0.2, -0.15) is 0 Å². The van der Waals surface area contributed by atoms with Crippen LogP contribution in [-0.2, 0) is 9.47 Å². The lowest BCUT2D eigenvalue weighted by molar-refractivity contribution is 0.0141. The Morgan fingerprint density at radius 1 is 0.909 bits per heavy atom. The summed E-state index contributed by atoms with van der Waals surface area (Å²) in [5, 5.41) is 2.71. The molecule has 2 unspecified atom stereocenters. The van der Waals surface area contributed by atoms with E-state index in [0.29, 0.717) is 5.56 Å². The summed E-state index contributed by atoms with van der Waals surface area (Å²) in [7, 11) is 0. The van der Waals surface area contributed by atoms with Gasteiger partial charge in [-0.15, -0.1) is 0 Å². The summed E-state index contributed by atoms with van der Waals surface area (Å²) in [5.74, 6) is -1.29. The molecule has 1 heterocycles. The number of hydrogen-bond acceptors (Lipinski definition) is 6. The molecule has 7 heteroatoms. The molecular formula is C26H27NO6. The number of aryl methyl sites for hydroxylation is 1. The van der Waals surface area contributed by atoms with Crippen molar-refractivity contribution in [1.82, 2.24) is 5.32 Å². The molecule has 0 radical (unpaired) electrons. The number of Topliss-reactive ketones (excluding diaryl/α,β-unsaturated/α-hetero) is 1. The molecule has 0 aliphatic carbocycles. The first-order valence-electron chi connectivity index (χ1n) is 10.5. The highest BCUT2D eigenvalue weighted by atomic mass is 16.6. The molecule has 0 saturated carbocycles. The summed E-state index contributed by atoms with van der Waals surface area (Å²) in [6.45, 7) is 7.11. The summed E-state index contributed by atoms with van der Waals surface area (Å²) < 4.78 is 16.3. The summed E-state index contributed by atoms with van der Waals surface area (Å²) >= 11 is 0. The van der Waals surface area contributed by atoms with Crippen molar-refractivity contribution in [2.75, 3.05) is 0 Å². The van der Waals surface area contributed by atoms with Gasteiger partial charge in [-0.3, -0.25) is 4.79 Å². The molecule has 2 aromatic carbocycles. The second-order valence-electron chi connectivity index (χ2n) is 8.57. The van der Waals surface area contributed by atoms with Gasteiger partial charge in [-0.1, -0.05) is 48.0 Å². The molecular weight excluding hydrogens is 422 g/mol. The van der Waals surface area contributed by atoms with Crippen LogP contribution in [0.5, 0.6) is 0 Å². The summed E-state index contributed by atoms with van der Waals surface area (Å²) in [6.07, 6.45) is -0.800. The molecule has 1 amide bonds. The molecule has 33 heavy (non-hydrogen) atoms. The first kappa shape index (κ1) is 23.8. The molecule has 0 aliphatic rings. The molecule has 1 N–H and O–H groups in total. The Bertz CT molecular complexity index is 1080. The average molecular weight is 450 g/mol. The van der Waals surface area contributed by atoms with E-state index in [1.807, 2.05) is 19.1 Å². The number of nitrogens with one attached hydrogen (secondary N) is 1. The molecule has 0 spiro atoms. The van der Waals surface area contributed by atoms with Gasteiger partial charge in [-0.05, 0) is 57.5 Å². The molecule has 3 aromatic rings. The Hall–Kier alpha value is -3.87. The Labute approximate surface area is 192 Å².